The number of nitrogens with zero attached hydrogens (tertiary/aromatic N) is 3. The minimum absolute atomic E-state index is 0.0975. The van der Waals surface area contributed by atoms with Gasteiger partial charge in [0.2, 0.25) is 0 Å². The van der Waals surface area contributed by atoms with Gasteiger partial charge in [-0.15, -0.1) is 0 Å². The summed E-state index contributed by atoms with van der Waals surface area (Å²) in [5.74, 6) is 0.293. The number of likely N-dealkylation sites (N-methyl/N-ethyl adjacent to an activating group) is 1. The predicted molar refractivity (Wildman–Crippen MR) is 58.9 cm³/mol. The molecule has 1 saturated carbocycles. The Bertz CT molecular complexity index is 384. The van der Waals surface area contributed by atoms with Gasteiger partial charge in [-0.2, -0.15) is 5.10 Å². The van der Waals surface area contributed by atoms with Crippen molar-refractivity contribution in [3.8, 4) is 0 Å². The lowest BCUT2D eigenvalue weighted by Crippen LogP contribution is -2.36. The number of rotatable bonds is 4. The lowest BCUT2D eigenvalue weighted by atomic mass is 10.2. The van der Waals surface area contributed by atoms with E-state index in [2.05, 4.69) is 5.10 Å². The third-order valence-electron chi connectivity index (χ3n) is 3.01. The highest BCUT2D eigenvalue weighted by molar-refractivity contribution is 5.92. The maximum Gasteiger partial charge on any atom is 0.271 e. The molecule has 1 amide bonds. The molecule has 0 spiro atoms. The fourth-order valence-electron chi connectivity index (χ4n) is 1.77. The number of aromatic nitrogens is 2. The molecule has 1 aliphatic carbocycles. The molecule has 1 aliphatic rings. The molecule has 16 heavy (non-hydrogen) atoms. The van der Waals surface area contributed by atoms with Crippen LogP contribution in [-0.2, 0) is 7.05 Å². The maximum atomic E-state index is 12.0. The van der Waals surface area contributed by atoms with Crippen LogP contribution in [0.15, 0.2) is 12.3 Å². The molecule has 5 nitrogen and oxygen atoms in total. The molecule has 1 N–H and O–H groups in total. The maximum absolute atomic E-state index is 12.0. The van der Waals surface area contributed by atoms with Crippen molar-refractivity contribution in [3.05, 3.63) is 18.0 Å². The van der Waals surface area contributed by atoms with E-state index in [1.165, 1.54) is 0 Å². The van der Waals surface area contributed by atoms with E-state index in [9.17, 15) is 9.90 Å². The summed E-state index contributed by atoms with van der Waals surface area (Å²) >= 11 is 0. The van der Waals surface area contributed by atoms with Crippen LogP contribution < -0.4 is 0 Å². The summed E-state index contributed by atoms with van der Waals surface area (Å²) in [6.07, 6.45) is 3.37. The standard InChI is InChI=1S/C11H17N3O2/c1-13(7-10(15)8-3-4-8)11(16)9-5-6-12-14(9)2/h5-6,8,10,15H,3-4,7H2,1-2H3. The van der Waals surface area contributed by atoms with Gasteiger partial charge in [-0.25, -0.2) is 0 Å². The van der Waals surface area contributed by atoms with Gasteiger partial charge in [0.25, 0.3) is 5.91 Å². The Kier molecular flexibility index (Phi) is 2.96. The summed E-state index contributed by atoms with van der Waals surface area (Å²) in [5.41, 5.74) is 0.547. The molecule has 1 unspecified atom stereocenters. The molecule has 1 aromatic heterocycles. The molecular weight excluding hydrogens is 206 g/mol. The molecule has 1 heterocycles. The number of hydrogen-bond donors (Lipinski definition) is 1. The number of aryl methyl sites for hydroxylation is 1. The summed E-state index contributed by atoms with van der Waals surface area (Å²) < 4.78 is 1.54. The van der Waals surface area contributed by atoms with Crippen LogP contribution in [0, 0.1) is 5.92 Å². The van der Waals surface area contributed by atoms with Crippen molar-refractivity contribution in [1.29, 1.82) is 0 Å². The highest BCUT2D eigenvalue weighted by atomic mass is 16.3. The van der Waals surface area contributed by atoms with Gasteiger partial charge in [0, 0.05) is 26.8 Å². The highest BCUT2D eigenvalue weighted by Crippen LogP contribution is 2.32. The molecule has 0 saturated heterocycles. The summed E-state index contributed by atoms with van der Waals surface area (Å²) in [7, 11) is 3.44. The van der Waals surface area contributed by atoms with E-state index in [0.717, 1.165) is 12.8 Å². The Morgan fingerprint density at radius 1 is 1.75 bits per heavy atom. The molecule has 0 aromatic carbocycles. The number of hydrogen-bond acceptors (Lipinski definition) is 3. The van der Waals surface area contributed by atoms with Crippen molar-refractivity contribution in [2.45, 2.75) is 18.9 Å². The fourth-order valence-corrected chi connectivity index (χ4v) is 1.77. The number of carbonyl (C=O) groups is 1. The van der Waals surface area contributed by atoms with Crippen LogP contribution in [0.1, 0.15) is 23.3 Å². The average molecular weight is 223 g/mol. The molecule has 88 valence electrons. The lowest BCUT2D eigenvalue weighted by molar-refractivity contribution is 0.0635. The molecule has 1 atom stereocenters. The summed E-state index contributed by atoms with van der Waals surface area (Å²) in [6, 6.07) is 1.68. The summed E-state index contributed by atoms with van der Waals surface area (Å²) in [5, 5.41) is 13.7. The van der Waals surface area contributed by atoms with Crippen molar-refractivity contribution < 1.29 is 9.90 Å². The largest absolute Gasteiger partial charge is 0.391 e. The number of carbonyl (C=O) groups excluding carboxylic acids is 1. The number of aliphatic hydroxyl groups is 1. The SMILES string of the molecule is CN(CC(O)C1CC1)C(=O)c1ccnn1C. The molecule has 2 rings (SSSR count). The molecule has 1 fully saturated rings. The minimum Gasteiger partial charge on any atom is -0.391 e. The quantitative estimate of drug-likeness (QED) is 0.796. The van der Waals surface area contributed by atoms with E-state index in [-0.39, 0.29) is 12.0 Å². The Hall–Kier alpha value is -1.36. The van der Waals surface area contributed by atoms with Gasteiger partial charge >= 0.3 is 0 Å². The second-order valence-corrected chi connectivity index (χ2v) is 4.43. The molecular formula is C11H17N3O2. The van der Waals surface area contributed by atoms with Crippen LogP contribution >= 0.6 is 0 Å². The smallest absolute Gasteiger partial charge is 0.271 e. The zero-order valence-corrected chi connectivity index (χ0v) is 9.63. The minimum atomic E-state index is -0.387. The third-order valence-corrected chi connectivity index (χ3v) is 3.01. The molecule has 0 radical (unpaired) electrons. The average Bonchev–Trinajstić information content (AvgIpc) is 3.01. The van der Waals surface area contributed by atoms with Gasteiger partial charge in [-0.05, 0) is 24.8 Å². The fraction of sp³-hybridized carbons (Fsp3) is 0.636. The molecule has 1 aromatic rings. The molecule has 0 bridgehead atoms. The zero-order chi connectivity index (χ0) is 11.7. The third kappa shape index (κ3) is 2.24. The lowest BCUT2D eigenvalue weighted by Gasteiger charge is -2.20. The van der Waals surface area contributed by atoms with Crippen LogP contribution in [0.2, 0.25) is 0 Å². The van der Waals surface area contributed by atoms with Gasteiger partial charge in [0.1, 0.15) is 5.69 Å². The summed E-state index contributed by atoms with van der Waals surface area (Å²) in [4.78, 5) is 13.5. The van der Waals surface area contributed by atoms with Crippen LogP contribution in [0.25, 0.3) is 0 Å². The molecule has 5 heteroatoms. The first-order valence-electron chi connectivity index (χ1n) is 5.51. The second-order valence-electron chi connectivity index (χ2n) is 4.43. The van der Waals surface area contributed by atoms with Crippen molar-refractivity contribution >= 4 is 5.91 Å². The molecule has 0 aliphatic heterocycles. The second kappa shape index (κ2) is 4.25. The zero-order valence-electron chi connectivity index (χ0n) is 9.63. The van der Waals surface area contributed by atoms with E-state index in [1.807, 2.05) is 0 Å². The Labute approximate surface area is 94.7 Å². The van der Waals surface area contributed by atoms with Gasteiger partial charge in [0.05, 0.1) is 6.10 Å². The van der Waals surface area contributed by atoms with Crippen LogP contribution in [0.3, 0.4) is 0 Å². The number of aliphatic hydroxyl groups excluding tert-OH is 1. The van der Waals surface area contributed by atoms with E-state index < -0.39 is 0 Å². The first kappa shape index (κ1) is 11.1. The normalized spacial score (nSPS) is 17.2. The van der Waals surface area contributed by atoms with Crippen molar-refractivity contribution in [1.82, 2.24) is 14.7 Å². The van der Waals surface area contributed by atoms with Crippen LogP contribution in [0.4, 0.5) is 0 Å². The van der Waals surface area contributed by atoms with Crippen molar-refractivity contribution in [3.63, 3.8) is 0 Å². The first-order chi connectivity index (χ1) is 7.59. The van der Waals surface area contributed by atoms with Crippen molar-refractivity contribution in [2.75, 3.05) is 13.6 Å². The van der Waals surface area contributed by atoms with E-state index in [4.69, 9.17) is 0 Å². The highest BCUT2D eigenvalue weighted by Gasteiger charge is 2.31. The topological polar surface area (TPSA) is 58.4 Å². The summed E-state index contributed by atoms with van der Waals surface area (Å²) in [6.45, 7) is 0.398. The van der Waals surface area contributed by atoms with Crippen molar-refractivity contribution in [2.24, 2.45) is 13.0 Å². The monoisotopic (exact) mass is 223 g/mol. The van der Waals surface area contributed by atoms with E-state index >= 15 is 0 Å². The number of amides is 1. The van der Waals surface area contributed by atoms with Gasteiger partial charge in [-0.3, -0.25) is 9.48 Å². The van der Waals surface area contributed by atoms with Gasteiger partial charge in [0.15, 0.2) is 0 Å². The van der Waals surface area contributed by atoms with Crippen LogP contribution in [-0.4, -0.2) is 45.4 Å². The Balaban J connectivity index is 1.96. The van der Waals surface area contributed by atoms with E-state index in [0.29, 0.717) is 18.2 Å². The van der Waals surface area contributed by atoms with E-state index in [1.54, 1.807) is 35.9 Å². The van der Waals surface area contributed by atoms with Gasteiger partial charge in [-0.1, -0.05) is 0 Å². The van der Waals surface area contributed by atoms with Gasteiger partial charge < -0.3 is 10.0 Å². The Morgan fingerprint density at radius 3 is 2.94 bits per heavy atom. The predicted octanol–water partition coefficient (Wildman–Crippen LogP) is 0.263. The van der Waals surface area contributed by atoms with Crippen LogP contribution in [0.5, 0.6) is 0 Å². The first-order valence-corrected chi connectivity index (χ1v) is 5.51. The Morgan fingerprint density at radius 2 is 2.44 bits per heavy atom.